The Morgan fingerprint density at radius 2 is 1.35 bits per heavy atom. The lowest BCUT2D eigenvalue weighted by Crippen LogP contribution is -2.47. The van der Waals surface area contributed by atoms with Crippen molar-refractivity contribution < 1.29 is 35.9 Å². The van der Waals surface area contributed by atoms with E-state index in [-0.39, 0.29) is 29.3 Å². The molecule has 3 atom stereocenters. The summed E-state index contributed by atoms with van der Waals surface area (Å²) in [5.41, 5.74) is -1.73. The van der Waals surface area contributed by atoms with Crippen molar-refractivity contribution in [1.29, 1.82) is 0 Å². The molecule has 0 saturated carbocycles. The summed E-state index contributed by atoms with van der Waals surface area (Å²) in [6, 6.07) is 6.09. The molecule has 2 amide bonds. The van der Waals surface area contributed by atoms with Crippen LogP contribution in [0.3, 0.4) is 0 Å². The molecule has 2 aliphatic heterocycles. The monoisotopic (exact) mass is 676 g/mol. The van der Waals surface area contributed by atoms with Gasteiger partial charge in [-0.3, -0.25) is 15.0 Å². The van der Waals surface area contributed by atoms with Crippen molar-refractivity contribution in [2.45, 2.75) is 83.9 Å². The summed E-state index contributed by atoms with van der Waals surface area (Å²) in [4.78, 5) is 30.6. The predicted octanol–water partition coefficient (Wildman–Crippen LogP) is 8.79. The second-order valence-electron chi connectivity index (χ2n) is 12.5. The number of carbonyl (C=O) groups is 2. The van der Waals surface area contributed by atoms with Crippen LogP contribution in [0.1, 0.15) is 65.5 Å². The van der Waals surface area contributed by atoms with E-state index in [4.69, 9.17) is 13.1 Å². The first-order chi connectivity index (χ1) is 22.1. The number of alkyl halides is 6. The van der Waals surface area contributed by atoms with Crippen LogP contribution in [0.25, 0.3) is 9.69 Å². The molecule has 10 nitrogen and oxygen atoms in total. The first kappa shape index (κ1) is 37.5. The molecule has 0 saturated heterocycles. The van der Waals surface area contributed by atoms with E-state index in [2.05, 4.69) is 41.1 Å². The van der Waals surface area contributed by atoms with Gasteiger partial charge in [0, 0.05) is 29.9 Å². The molecule has 4 rings (SSSR count). The molecule has 0 aromatic heterocycles. The molecule has 0 spiro atoms. The number of benzene rings is 2. The Kier molecular flexibility index (Phi) is 10.9. The standard InChI is InChI=1S/2C16H17F3N4O/c2*1-9(2)13-8-15(3,23-22-13)14(24)21-10-5-6-12(20-4)11(7-10)16(17,18)19/h5-7,9,23H,8H2,1-3H3,(H,21,24);5-7,9,13H,8H2,1-3H3,(H,21,24). The van der Waals surface area contributed by atoms with Gasteiger partial charge in [0.1, 0.15) is 5.54 Å². The van der Waals surface area contributed by atoms with Crippen molar-refractivity contribution in [3.63, 3.8) is 0 Å². The average Bonchev–Trinajstić information content (AvgIpc) is 3.62. The van der Waals surface area contributed by atoms with E-state index < -0.39 is 57.7 Å². The summed E-state index contributed by atoms with van der Waals surface area (Å²) in [6.07, 6.45) is -8.55. The Morgan fingerprint density at radius 1 is 0.875 bits per heavy atom. The Hall–Kier alpha value is -4.99. The van der Waals surface area contributed by atoms with Crippen LogP contribution in [-0.4, -0.2) is 34.6 Å². The Bertz CT molecular complexity index is 1700. The molecular weight excluding hydrogens is 642 g/mol. The van der Waals surface area contributed by atoms with Gasteiger partial charge in [-0.15, -0.1) is 0 Å². The summed E-state index contributed by atoms with van der Waals surface area (Å²) in [5, 5.41) is 17.1. The maximum absolute atomic E-state index is 13.0. The highest BCUT2D eigenvalue weighted by atomic mass is 19.4. The smallest absolute Gasteiger partial charge is 0.324 e. The summed E-state index contributed by atoms with van der Waals surface area (Å²) >= 11 is 0. The molecule has 3 unspecified atom stereocenters. The fraction of sp³-hybridized carbons (Fsp3) is 0.469. The SMILES string of the molecule is [C-]#[N+]c1ccc(NC(=O)C2(C)CC(C(C)C)=NN2)cc1C(F)(F)F.[C-]#[N+]c1ccc(NC(=O)C2(C)CC(C(C)C)N=N2)cc1C(F)(F)F. The summed E-state index contributed by atoms with van der Waals surface area (Å²) in [7, 11) is 0. The van der Waals surface area contributed by atoms with Crippen LogP contribution in [0.15, 0.2) is 51.7 Å². The molecule has 2 aromatic rings. The molecule has 2 aromatic carbocycles. The summed E-state index contributed by atoms with van der Waals surface area (Å²) < 4.78 is 77.9. The molecule has 0 aliphatic carbocycles. The van der Waals surface area contributed by atoms with Crippen LogP contribution in [0, 0.1) is 25.0 Å². The normalized spacial score (nSPS) is 21.8. The van der Waals surface area contributed by atoms with E-state index in [0.29, 0.717) is 12.8 Å². The van der Waals surface area contributed by atoms with Gasteiger partial charge in [-0.2, -0.15) is 41.7 Å². The van der Waals surface area contributed by atoms with E-state index in [1.165, 1.54) is 12.1 Å². The molecule has 256 valence electrons. The van der Waals surface area contributed by atoms with Crippen molar-refractivity contribution in [2.24, 2.45) is 27.2 Å². The first-order valence-electron chi connectivity index (χ1n) is 14.7. The second kappa shape index (κ2) is 14.0. The van der Waals surface area contributed by atoms with Crippen LogP contribution < -0.4 is 16.1 Å². The molecule has 2 heterocycles. The predicted molar refractivity (Wildman–Crippen MR) is 168 cm³/mol. The lowest BCUT2D eigenvalue weighted by atomic mass is 9.90. The zero-order valence-corrected chi connectivity index (χ0v) is 26.9. The van der Waals surface area contributed by atoms with Gasteiger partial charge in [-0.1, -0.05) is 39.8 Å². The molecule has 0 fully saturated rings. The minimum atomic E-state index is -4.67. The fourth-order valence-corrected chi connectivity index (χ4v) is 4.71. The Morgan fingerprint density at radius 3 is 1.73 bits per heavy atom. The van der Waals surface area contributed by atoms with Gasteiger partial charge in [-0.05, 0) is 49.9 Å². The maximum atomic E-state index is 13.0. The Labute approximate surface area is 273 Å². The number of azo groups is 1. The number of hydrogen-bond donors (Lipinski definition) is 3. The third-order valence-corrected chi connectivity index (χ3v) is 7.80. The number of anilines is 2. The van der Waals surface area contributed by atoms with Crippen LogP contribution in [0.4, 0.5) is 49.1 Å². The number of halogens is 6. The quantitative estimate of drug-likeness (QED) is 0.210. The topological polar surface area (TPSA) is 116 Å². The Balaban J connectivity index is 0.000000260. The molecule has 2 aliphatic rings. The van der Waals surface area contributed by atoms with E-state index in [9.17, 15) is 35.9 Å². The lowest BCUT2D eigenvalue weighted by Gasteiger charge is -2.23. The van der Waals surface area contributed by atoms with Crippen molar-refractivity contribution in [2.75, 3.05) is 10.6 Å². The minimum absolute atomic E-state index is 0.0132. The van der Waals surface area contributed by atoms with Crippen molar-refractivity contribution in [3.8, 4) is 0 Å². The van der Waals surface area contributed by atoms with E-state index >= 15 is 0 Å². The molecular formula is C32H34F6N8O2. The second-order valence-corrected chi connectivity index (χ2v) is 12.5. The van der Waals surface area contributed by atoms with Crippen LogP contribution in [-0.2, 0) is 21.9 Å². The number of amides is 2. The maximum Gasteiger partial charge on any atom is 0.407 e. The highest BCUT2D eigenvalue weighted by molar-refractivity contribution is 6.03. The highest BCUT2D eigenvalue weighted by Gasteiger charge is 2.42. The first-order valence-corrected chi connectivity index (χ1v) is 14.7. The fourth-order valence-electron chi connectivity index (χ4n) is 4.71. The molecule has 16 heteroatoms. The number of hydrazone groups is 1. The zero-order chi connectivity index (χ0) is 36.2. The van der Waals surface area contributed by atoms with E-state index in [1.54, 1.807) is 13.8 Å². The van der Waals surface area contributed by atoms with Gasteiger partial charge in [0.15, 0.2) is 16.9 Å². The summed E-state index contributed by atoms with van der Waals surface area (Å²) in [5.74, 6) is -0.608. The third kappa shape index (κ3) is 8.67. The molecule has 0 radical (unpaired) electrons. The van der Waals surface area contributed by atoms with Gasteiger partial charge in [0.2, 0.25) is 0 Å². The van der Waals surface area contributed by atoms with Crippen LogP contribution >= 0.6 is 0 Å². The van der Waals surface area contributed by atoms with Gasteiger partial charge >= 0.3 is 12.4 Å². The average molecular weight is 677 g/mol. The van der Waals surface area contributed by atoms with Crippen molar-refractivity contribution >= 4 is 40.3 Å². The van der Waals surface area contributed by atoms with Crippen LogP contribution in [0.2, 0.25) is 0 Å². The largest absolute Gasteiger partial charge is 0.407 e. The lowest BCUT2D eigenvalue weighted by molar-refractivity contribution is -0.137. The summed E-state index contributed by atoms with van der Waals surface area (Å²) in [6.45, 7) is 24.7. The minimum Gasteiger partial charge on any atom is -0.324 e. The van der Waals surface area contributed by atoms with Gasteiger partial charge in [0.05, 0.1) is 30.3 Å². The van der Waals surface area contributed by atoms with Crippen molar-refractivity contribution in [1.82, 2.24) is 5.43 Å². The molecule has 48 heavy (non-hydrogen) atoms. The van der Waals surface area contributed by atoms with Gasteiger partial charge in [-0.25, -0.2) is 9.69 Å². The molecule has 3 N–H and O–H groups in total. The van der Waals surface area contributed by atoms with Gasteiger partial charge < -0.3 is 10.6 Å². The highest BCUT2D eigenvalue weighted by Crippen LogP contribution is 2.40. The number of rotatable bonds is 6. The zero-order valence-electron chi connectivity index (χ0n) is 26.9. The van der Waals surface area contributed by atoms with Gasteiger partial charge in [0.25, 0.3) is 11.8 Å². The number of nitrogens with zero attached hydrogens (tertiary/aromatic N) is 5. The van der Waals surface area contributed by atoms with E-state index in [0.717, 1.165) is 30.0 Å². The number of nitrogens with one attached hydrogen (secondary N) is 3. The number of carbonyl (C=O) groups excluding carboxylic acids is 2. The van der Waals surface area contributed by atoms with E-state index in [1.807, 2.05) is 27.7 Å². The molecule has 0 bridgehead atoms. The van der Waals surface area contributed by atoms with Crippen LogP contribution in [0.5, 0.6) is 0 Å². The number of hydrogen-bond acceptors (Lipinski definition) is 6. The van der Waals surface area contributed by atoms with Crippen molar-refractivity contribution in [3.05, 3.63) is 70.4 Å². The third-order valence-electron chi connectivity index (χ3n) is 7.80.